The van der Waals surface area contributed by atoms with E-state index in [-0.39, 0.29) is 31.0 Å². The molecule has 1 aromatic heterocycles. The lowest BCUT2D eigenvalue weighted by atomic mass is 9.94. The van der Waals surface area contributed by atoms with Crippen molar-refractivity contribution in [3.8, 4) is 5.69 Å². The number of benzene rings is 1. The fourth-order valence-electron chi connectivity index (χ4n) is 3.49. The van der Waals surface area contributed by atoms with E-state index in [2.05, 4.69) is 14.8 Å². The molecule has 31 heavy (non-hydrogen) atoms. The highest BCUT2D eigenvalue weighted by molar-refractivity contribution is 5.79. The van der Waals surface area contributed by atoms with Crippen LogP contribution in [0.1, 0.15) is 31.4 Å². The van der Waals surface area contributed by atoms with Crippen LogP contribution in [0.15, 0.2) is 36.9 Å². The SMILES string of the molecule is C[C@H](c1ccc(-n2cncn2)cc1)N(C)C(=O)C1CCN(C(=O)OCC(F)(F)F)CC1. The van der Waals surface area contributed by atoms with Crippen LogP contribution in [0.25, 0.3) is 5.69 Å². The monoisotopic (exact) mass is 439 g/mol. The Bertz CT molecular complexity index is 878. The Labute approximate surface area is 177 Å². The number of halogens is 3. The van der Waals surface area contributed by atoms with E-state index in [1.54, 1.807) is 23.0 Å². The van der Waals surface area contributed by atoms with Crippen molar-refractivity contribution in [2.24, 2.45) is 5.92 Å². The summed E-state index contributed by atoms with van der Waals surface area (Å²) in [5, 5.41) is 4.08. The second-order valence-corrected chi connectivity index (χ2v) is 7.49. The van der Waals surface area contributed by atoms with Crippen LogP contribution >= 0.6 is 0 Å². The molecule has 168 valence electrons. The van der Waals surface area contributed by atoms with Crippen molar-refractivity contribution in [2.45, 2.75) is 32.0 Å². The molecule has 2 amide bonds. The molecule has 1 aliphatic heterocycles. The predicted molar refractivity (Wildman–Crippen MR) is 104 cm³/mol. The van der Waals surface area contributed by atoms with Gasteiger partial charge < -0.3 is 14.5 Å². The molecule has 1 aromatic carbocycles. The van der Waals surface area contributed by atoms with Crippen molar-refractivity contribution >= 4 is 12.0 Å². The lowest BCUT2D eigenvalue weighted by molar-refractivity contribution is -0.162. The quantitative estimate of drug-likeness (QED) is 0.715. The predicted octanol–water partition coefficient (Wildman–Crippen LogP) is 3.20. The highest BCUT2D eigenvalue weighted by atomic mass is 19.4. The zero-order valence-electron chi connectivity index (χ0n) is 17.2. The molecule has 0 N–H and O–H groups in total. The highest BCUT2D eigenvalue weighted by Crippen LogP contribution is 2.26. The number of alkyl halides is 3. The van der Waals surface area contributed by atoms with Crippen molar-refractivity contribution in [3.63, 3.8) is 0 Å². The van der Waals surface area contributed by atoms with Gasteiger partial charge in [0.15, 0.2) is 6.61 Å². The molecule has 2 heterocycles. The molecule has 3 rings (SSSR count). The average Bonchev–Trinajstić information content (AvgIpc) is 3.30. The highest BCUT2D eigenvalue weighted by Gasteiger charge is 2.34. The number of rotatable bonds is 5. The summed E-state index contributed by atoms with van der Waals surface area (Å²) in [6, 6.07) is 7.45. The topological polar surface area (TPSA) is 80.6 Å². The van der Waals surface area contributed by atoms with Crippen LogP contribution in [0.5, 0.6) is 0 Å². The van der Waals surface area contributed by atoms with E-state index in [4.69, 9.17) is 0 Å². The maximum Gasteiger partial charge on any atom is 0.422 e. The zero-order valence-corrected chi connectivity index (χ0v) is 17.2. The molecule has 0 spiro atoms. The Morgan fingerprint density at radius 3 is 2.42 bits per heavy atom. The van der Waals surface area contributed by atoms with Crippen LogP contribution in [0.2, 0.25) is 0 Å². The van der Waals surface area contributed by atoms with Gasteiger partial charge in [-0.2, -0.15) is 18.3 Å². The lowest BCUT2D eigenvalue weighted by Crippen LogP contribution is -2.44. The van der Waals surface area contributed by atoms with Crippen molar-refractivity contribution < 1.29 is 27.5 Å². The summed E-state index contributed by atoms with van der Waals surface area (Å²) in [7, 11) is 1.72. The average molecular weight is 439 g/mol. The number of amides is 2. The number of nitrogens with zero attached hydrogens (tertiary/aromatic N) is 5. The Morgan fingerprint density at radius 1 is 1.23 bits per heavy atom. The minimum Gasteiger partial charge on any atom is -0.440 e. The number of hydrogen-bond acceptors (Lipinski definition) is 5. The van der Waals surface area contributed by atoms with Gasteiger partial charge in [0.05, 0.1) is 11.7 Å². The second kappa shape index (κ2) is 9.36. The molecule has 0 saturated carbocycles. The normalized spacial score (nSPS) is 16.1. The molecule has 8 nitrogen and oxygen atoms in total. The molecule has 11 heteroatoms. The number of carbonyl (C=O) groups is 2. The third kappa shape index (κ3) is 5.74. The Balaban J connectivity index is 1.52. The molecule has 1 fully saturated rings. The first-order valence-electron chi connectivity index (χ1n) is 9.86. The van der Waals surface area contributed by atoms with Gasteiger partial charge in [0.2, 0.25) is 5.91 Å². The number of hydrogen-bond donors (Lipinski definition) is 0. The third-order valence-corrected chi connectivity index (χ3v) is 5.45. The van der Waals surface area contributed by atoms with Gasteiger partial charge in [-0.1, -0.05) is 12.1 Å². The number of piperidine rings is 1. The molecule has 1 saturated heterocycles. The zero-order chi connectivity index (χ0) is 22.6. The molecule has 1 aliphatic rings. The van der Waals surface area contributed by atoms with Crippen molar-refractivity contribution in [2.75, 3.05) is 26.7 Å². The van der Waals surface area contributed by atoms with E-state index < -0.39 is 18.9 Å². The first kappa shape index (κ1) is 22.6. The van der Waals surface area contributed by atoms with E-state index >= 15 is 0 Å². The number of likely N-dealkylation sites (tertiary alicyclic amines) is 1. The standard InChI is InChI=1S/C20H24F3N5O3/c1-14(15-3-5-17(6-4-15)28-13-24-12-25-28)26(2)18(29)16-7-9-27(10-8-16)19(30)31-11-20(21,22)23/h3-6,12-14,16H,7-11H2,1-2H3/t14-/m1/s1. The largest absolute Gasteiger partial charge is 0.440 e. The summed E-state index contributed by atoms with van der Waals surface area (Å²) >= 11 is 0. The van der Waals surface area contributed by atoms with Gasteiger partial charge in [-0.05, 0) is 37.5 Å². The minimum atomic E-state index is -4.56. The van der Waals surface area contributed by atoms with E-state index in [9.17, 15) is 22.8 Å². The lowest BCUT2D eigenvalue weighted by Gasteiger charge is -2.34. The third-order valence-electron chi connectivity index (χ3n) is 5.45. The van der Waals surface area contributed by atoms with Crippen LogP contribution in [-0.2, 0) is 9.53 Å². The summed E-state index contributed by atoms with van der Waals surface area (Å²) in [4.78, 5) is 31.5. The van der Waals surface area contributed by atoms with E-state index in [1.165, 1.54) is 11.2 Å². The fourth-order valence-corrected chi connectivity index (χ4v) is 3.49. The Morgan fingerprint density at radius 2 is 1.87 bits per heavy atom. The van der Waals surface area contributed by atoms with E-state index in [1.807, 2.05) is 31.2 Å². The number of ether oxygens (including phenoxy) is 1. The van der Waals surface area contributed by atoms with Gasteiger partial charge in [0, 0.05) is 26.1 Å². The maximum absolute atomic E-state index is 12.9. The van der Waals surface area contributed by atoms with Crippen molar-refractivity contribution in [3.05, 3.63) is 42.5 Å². The first-order chi connectivity index (χ1) is 14.7. The van der Waals surface area contributed by atoms with Gasteiger partial charge >= 0.3 is 12.3 Å². The Hall–Kier alpha value is -3.11. The van der Waals surface area contributed by atoms with Crippen LogP contribution in [0.3, 0.4) is 0 Å². The molecule has 0 radical (unpaired) electrons. The maximum atomic E-state index is 12.9. The van der Waals surface area contributed by atoms with Gasteiger partial charge in [0.25, 0.3) is 0 Å². The molecule has 0 aliphatic carbocycles. The summed E-state index contributed by atoms with van der Waals surface area (Å²) in [5.74, 6) is -0.357. The van der Waals surface area contributed by atoms with E-state index in [0.29, 0.717) is 12.8 Å². The van der Waals surface area contributed by atoms with E-state index in [0.717, 1.165) is 11.3 Å². The molecule has 2 aromatic rings. The minimum absolute atomic E-state index is 0.0591. The van der Waals surface area contributed by atoms with Crippen LogP contribution in [-0.4, -0.2) is 69.5 Å². The Kier molecular flexibility index (Phi) is 6.81. The molecule has 1 atom stereocenters. The van der Waals surface area contributed by atoms with Gasteiger partial charge in [0.1, 0.15) is 12.7 Å². The molecular weight excluding hydrogens is 415 g/mol. The fraction of sp³-hybridized carbons (Fsp3) is 0.500. The summed E-state index contributed by atoms with van der Waals surface area (Å²) in [6.07, 6.45) is -1.76. The van der Waals surface area contributed by atoms with Gasteiger partial charge in [-0.15, -0.1) is 0 Å². The van der Waals surface area contributed by atoms with Gasteiger partial charge in [-0.3, -0.25) is 4.79 Å². The summed E-state index contributed by atoms with van der Waals surface area (Å²) in [5.41, 5.74) is 1.81. The second-order valence-electron chi connectivity index (χ2n) is 7.49. The van der Waals surface area contributed by atoms with Crippen LogP contribution < -0.4 is 0 Å². The molecule has 0 unspecified atom stereocenters. The van der Waals surface area contributed by atoms with Gasteiger partial charge in [-0.25, -0.2) is 14.5 Å². The van der Waals surface area contributed by atoms with Crippen molar-refractivity contribution in [1.82, 2.24) is 24.6 Å². The first-order valence-corrected chi connectivity index (χ1v) is 9.86. The number of aromatic nitrogens is 3. The molecule has 0 bridgehead atoms. The summed E-state index contributed by atoms with van der Waals surface area (Å²) in [6.45, 7) is 0.677. The molecular formula is C20H24F3N5O3. The van der Waals surface area contributed by atoms with Crippen LogP contribution in [0, 0.1) is 5.92 Å². The summed E-state index contributed by atoms with van der Waals surface area (Å²) < 4.78 is 42.5. The smallest absolute Gasteiger partial charge is 0.422 e. The number of carbonyl (C=O) groups excluding carboxylic acids is 2. The van der Waals surface area contributed by atoms with Crippen molar-refractivity contribution in [1.29, 1.82) is 0 Å². The van der Waals surface area contributed by atoms with Crippen LogP contribution in [0.4, 0.5) is 18.0 Å².